The van der Waals surface area contributed by atoms with Crippen LogP contribution in [0.5, 0.6) is 0 Å². The molecule has 0 amide bonds. The van der Waals surface area contributed by atoms with Crippen molar-refractivity contribution in [1.29, 1.82) is 0 Å². The van der Waals surface area contributed by atoms with Gasteiger partial charge < -0.3 is 10.6 Å². The molecule has 2 aromatic heterocycles. The van der Waals surface area contributed by atoms with Crippen molar-refractivity contribution in [3.63, 3.8) is 0 Å². The van der Waals surface area contributed by atoms with Crippen LogP contribution in [0, 0.1) is 0 Å². The smallest absolute Gasteiger partial charge is 0.258 e. The second kappa shape index (κ2) is 6.25. The molecule has 0 aliphatic heterocycles. The molecule has 3 rings (SSSR count). The lowest BCUT2D eigenvalue weighted by molar-refractivity contribution is 0.734. The molecule has 0 saturated heterocycles. The summed E-state index contributed by atoms with van der Waals surface area (Å²) < 4.78 is 1.52. The van der Waals surface area contributed by atoms with Crippen molar-refractivity contribution < 1.29 is 0 Å². The maximum atomic E-state index is 4.42. The van der Waals surface area contributed by atoms with Gasteiger partial charge in [-0.05, 0) is 25.5 Å². The summed E-state index contributed by atoms with van der Waals surface area (Å²) in [6.07, 6.45) is 8.70. The summed E-state index contributed by atoms with van der Waals surface area (Å²) in [5.41, 5.74) is 0. The summed E-state index contributed by atoms with van der Waals surface area (Å²) in [6, 6.07) is 0.415. The van der Waals surface area contributed by atoms with E-state index in [4.69, 9.17) is 0 Å². The summed E-state index contributed by atoms with van der Waals surface area (Å²) in [5.74, 6) is 1.54. The Bertz CT molecular complexity index is 587. The fourth-order valence-corrected chi connectivity index (χ4v) is 3.22. The van der Waals surface area contributed by atoms with Gasteiger partial charge in [-0.3, -0.25) is 0 Å². The Labute approximate surface area is 127 Å². The van der Waals surface area contributed by atoms with Gasteiger partial charge in [0.05, 0.1) is 0 Å². The monoisotopic (exact) mass is 306 g/mol. The highest BCUT2D eigenvalue weighted by atomic mass is 32.2. The minimum absolute atomic E-state index is 0.415. The van der Waals surface area contributed by atoms with Gasteiger partial charge in [0.2, 0.25) is 11.9 Å². The van der Waals surface area contributed by atoms with Gasteiger partial charge in [0.1, 0.15) is 12.7 Å². The topological polar surface area (TPSA) is 93.4 Å². The normalized spacial score (nSPS) is 21.4. The van der Waals surface area contributed by atoms with E-state index in [1.807, 2.05) is 11.8 Å². The zero-order valence-electron chi connectivity index (χ0n) is 12.0. The molecule has 0 radical (unpaired) electrons. The number of aromatic nitrogens is 6. The van der Waals surface area contributed by atoms with Crippen LogP contribution in [-0.4, -0.2) is 54.3 Å². The molecule has 21 heavy (non-hydrogen) atoms. The Morgan fingerprint density at radius 2 is 2.10 bits per heavy atom. The van der Waals surface area contributed by atoms with E-state index in [0.29, 0.717) is 23.9 Å². The van der Waals surface area contributed by atoms with Crippen molar-refractivity contribution in [2.45, 2.75) is 30.6 Å². The first-order valence-corrected chi connectivity index (χ1v) is 8.15. The van der Waals surface area contributed by atoms with Gasteiger partial charge in [0.15, 0.2) is 0 Å². The fourth-order valence-electron chi connectivity index (χ4n) is 2.42. The SMILES string of the molecule is CNc1nc(NC2CCC(SC)C2)nc(-n2cncn2)n1. The molecule has 1 fully saturated rings. The standard InChI is InChI=1S/C12H18N8S/c1-13-10-17-11(16-8-3-4-9(5-8)21-2)19-12(18-10)20-7-14-6-15-20/h6-9H,3-5H2,1-2H3,(H2,13,16,17,18,19). The molecule has 0 bridgehead atoms. The molecule has 2 aromatic rings. The van der Waals surface area contributed by atoms with Crippen molar-refractivity contribution in [1.82, 2.24) is 29.7 Å². The van der Waals surface area contributed by atoms with E-state index in [1.165, 1.54) is 17.4 Å². The first-order valence-electron chi connectivity index (χ1n) is 6.86. The Balaban J connectivity index is 1.80. The van der Waals surface area contributed by atoms with E-state index in [-0.39, 0.29) is 0 Å². The second-order valence-corrected chi connectivity index (χ2v) is 6.02. The number of rotatable bonds is 5. The fraction of sp³-hybridized carbons (Fsp3) is 0.583. The zero-order chi connectivity index (χ0) is 14.7. The molecule has 9 heteroatoms. The number of hydrogen-bond donors (Lipinski definition) is 2. The highest BCUT2D eigenvalue weighted by Crippen LogP contribution is 2.29. The van der Waals surface area contributed by atoms with E-state index in [0.717, 1.165) is 18.1 Å². The molecule has 2 N–H and O–H groups in total. The molecule has 8 nitrogen and oxygen atoms in total. The van der Waals surface area contributed by atoms with Gasteiger partial charge in [-0.25, -0.2) is 4.98 Å². The summed E-state index contributed by atoms with van der Waals surface area (Å²) in [5, 5.41) is 11.1. The molecule has 0 spiro atoms. The van der Waals surface area contributed by atoms with Crippen LogP contribution in [0.25, 0.3) is 5.95 Å². The van der Waals surface area contributed by atoms with E-state index < -0.39 is 0 Å². The van der Waals surface area contributed by atoms with Crippen molar-refractivity contribution in [2.75, 3.05) is 23.9 Å². The first-order chi connectivity index (χ1) is 10.3. The third-order valence-corrected chi connectivity index (χ3v) is 4.62. The predicted octanol–water partition coefficient (Wildman–Crippen LogP) is 1.19. The molecule has 1 aliphatic rings. The second-order valence-electron chi connectivity index (χ2n) is 4.88. The quantitative estimate of drug-likeness (QED) is 0.851. The molecule has 0 aromatic carbocycles. The third-order valence-electron chi connectivity index (χ3n) is 3.52. The Hall–Kier alpha value is -1.90. The van der Waals surface area contributed by atoms with Crippen molar-refractivity contribution in [2.24, 2.45) is 0 Å². The number of anilines is 2. The molecule has 2 unspecified atom stereocenters. The molecule has 2 heterocycles. The highest BCUT2D eigenvalue weighted by molar-refractivity contribution is 7.99. The average molecular weight is 306 g/mol. The molecular formula is C12H18N8S. The molecule has 1 aliphatic carbocycles. The Kier molecular flexibility index (Phi) is 4.18. The van der Waals surface area contributed by atoms with Crippen LogP contribution in [0.1, 0.15) is 19.3 Å². The van der Waals surface area contributed by atoms with Crippen LogP contribution in [0.15, 0.2) is 12.7 Å². The van der Waals surface area contributed by atoms with Crippen molar-refractivity contribution >= 4 is 23.7 Å². The summed E-state index contributed by atoms with van der Waals surface area (Å²) in [6.45, 7) is 0. The van der Waals surface area contributed by atoms with E-state index >= 15 is 0 Å². The van der Waals surface area contributed by atoms with Crippen LogP contribution in [0.3, 0.4) is 0 Å². The lowest BCUT2D eigenvalue weighted by Gasteiger charge is -2.13. The summed E-state index contributed by atoms with van der Waals surface area (Å²) >= 11 is 1.93. The number of nitrogens with zero attached hydrogens (tertiary/aromatic N) is 6. The van der Waals surface area contributed by atoms with Gasteiger partial charge >= 0.3 is 0 Å². The molecule has 112 valence electrons. The van der Waals surface area contributed by atoms with Gasteiger partial charge in [0, 0.05) is 18.3 Å². The molecule has 2 atom stereocenters. The van der Waals surface area contributed by atoms with Crippen molar-refractivity contribution in [3.05, 3.63) is 12.7 Å². The van der Waals surface area contributed by atoms with E-state index in [9.17, 15) is 0 Å². The Morgan fingerprint density at radius 1 is 1.24 bits per heavy atom. The predicted molar refractivity (Wildman–Crippen MR) is 82.9 cm³/mol. The average Bonchev–Trinajstić information content (AvgIpc) is 3.18. The van der Waals surface area contributed by atoms with Crippen LogP contribution >= 0.6 is 11.8 Å². The number of nitrogens with one attached hydrogen (secondary N) is 2. The molecule has 1 saturated carbocycles. The highest BCUT2D eigenvalue weighted by Gasteiger charge is 2.24. The largest absolute Gasteiger partial charge is 0.357 e. The minimum Gasteiger partial charge on any atom is -0.357 e. The van der Waals surface area contributed by atoms with Gasteiger partial charge in [0.25, 0.3) is 5.95 Å². The molecular weight excluding hydrogens is 288 g/mol. The summed E-state index contributed by atoms with van der Waals surface area (Å²) in [7, 11) is 1.78. The van der Waals surface area contributed by atoms with Gasteiger partial charge in [-0.1, -0.05) is 0 Å². The maximum Gasteiger partial charge on any atom is 0.258 e. The maximum absolute atomic E-state index is 4.42. The Morgan fingerprint density at radius 3 is 2.76 bits per heavy atom. The van der Waals surface area contributed by atoms with E-state index in [1.54, 1.807) is 13.4 Å². The van der Waals surface area contributed by atoms with Crippen LogP contribution in [0.2, 0.25) is 0 Å². The van der Waals surface area contributed by atoms with Crippen LogP contribution in [-0.2, 0) is 0 Å². The number of thioether (sulfide) groups is 1. The first kappa shape index (κ1) is 14.1. The van der Waals surface area contributed by atoms with E-state index in [2.05, 4.69) is 41.9 Å². The van der Waals surface area contributed by atoms with Crippen molar-refractivity contribution in [3.8, 4) is 5.95 Å². The zero-order valence-corrected chi connectivity index (χ0v) is 12.8. The minimum atomic E-state index is 0.415. The number of hydrogen-bond acceptors (Lipinski definition) is 8. The summed E-state index contributed by atoms with van der Waals surface area (Å²) in [4.78, 5) is 17.0. The van der Waals surface area contributed by atoms with Gasteiger partial charge in [-0.15, -0.1) is 0 Å². The third kappa shape index (κ3) is 3.23. The lowest BCUT2D eigenvalue weighted by atomic mass is 10.2. The van der Waals surface area contributed by atoms with Crippen LogP contribution < -0.4 is 10.6 Å². The van der Waals surface area contributed by atoms with Gasteiger partial charge in [-0.2, -0.15) is 36.5 Å². The van der Waals surface area contributed by atoms with Crippen LogP contribution in [0.4, 0.5) is 11.9 Å². The lowest BCUT2D eigenvalue weighted by Crippen LogP contribution is -2.19.